The first kappa shape index (κ1) is 66.4. The van der Waals surface area contributed by atoms with Crippen molar-refractivity contribution in [1.29, 1.82) is 0 Å². The molecule has 0 aromatic carbocycles. The van der Waals surface area contributed by atoms with Gasteiger partial charge in [-0.3, -0.25) is 14.4 Å². The summed E-state index contributed by atoms with van der Waals surface area (Å²) in [5.41, 5.74) is 0. The van der Waals surface area contributed by atoms with E-state index in [1.54, 1.807) is 0 Å². The van der Waals surface area contributed by atoms with Gasteiger partial charge < -0.3 is 14.2 Å². The molecule has 0 aliphatic heterocycles. The van der Waals surface area contributed by atoms with Gasteiger partial charge in [0.1, 0.15) is 13.2 Å². The quantitative estimate of drug-likeness (QED) is 0.0343. The lowest BCUT2D eigenvalue weighted by molar-refractivity contribution is -0.167. The Labute approximate surface area is 425 Å². The number of esters is 3. The molecule has 0 spiro atoms. The topological polar surface area (TPSA) is 78.9 Å². The average Bonchev–Trinajstić information content (AvgIpc) is 3.31. The third-order valence-corrected chi connectivity index (χ3v) is 14.2. The number of carbonyl (C=O) groups excluding carboxylic acids is 3. The molecule has 0 radical (unpaired) electrons. The maximum Gasteiger partial charge on any atom is 0.306 e. The predicted molar refractivity (Wildman–Crippen MR) is 293 cm³/mol. The average molecular weight is 962 g/mol. The van der Waals surface area contributed by atoms with Crippen LogP contribution in [0.4, 0.5) is 0 Å². The highest BCUT2D eigenvalue weighted by Gasteiger charge is 2.19. The van der Waals surface area contributed by atoms with E-state index in [0.29, 0.717) is 19.3 Å². The second-order valence-corrected chi connectivity index (χ2v) is 22.3. The predicted octanol–water partition coefficient (Wildman–Crippen LogP) is 20.4. The molecule has 68 heavy (non-hydrogen) atoms. The summed E-state index contributed by atoms with van der Waals surface area (Å²) in [7, 11) is 0. The summed E-state index contributed by atoms with van der Waals surface area (Å²) in [5, 5.41) is 0. The number of unbranched alkanes of at least 4 members (excludes halogenated alkanes) is 41. The minimum absolute atomic E-state index is 0.0621. The van der Waals surface area contributed by atoms with Crippen LogP contribution in [0.15, 0.2) is 0 Å². The number of carbonyl (C=O) groups is 3. The summed E-state index contributed by atoms with van der Waals surface area (Å²) in [5.74, 6) is 0.855. The molecule has 6 heteroatoms. The second kappa shape index (κ2) is 54.7. The van der Waals surface area contributed by atoms with Gasteiger partial charge in [-0.25, -0.2) is 0 Å². The van der Waals surface area contributed by atoms with Crippen molar-refractivity contribution in [2.75, 3.05) is 13.2 Å². The van der Waals surface area contributed by atoms with Gasteiger partial charge in [0, 0.05) is 19.3 Å². The van der Waals surface area contributed by atoms with Crippen LogP contribution in [0.1, 0.15) is 349 Å². The SMILES string of the molecule is CCCCCCCCCCCCCCCCCCC(=O)OC[C@H](COC(=O)CCCCCCCCCCCCCCCCC(C)C)OC(=O)CCCCCCCCCCCCCCCCC(C)C. The lowest BCUT2D eigenvalue weighted by atomic mass is 10.0. The maximum absolute atomic E-state index is 12.9. The van der Waals surface area contributed by atoms with E-state index < -0.39 is 6.10 Å². The lowest BCUT2D eigenvalue weighted by Gasteiger charge is -2.18. The highest BCUT2D eigenvalue weighted by atomic mass is 16.6. The zero-order chi connectivity index (χ0) is 49.6. The zero-order valence-electron chi connectivity index (χ0n) is 46.7. The van der Waals surface area contributed by atoms with Crippen molar-refractivity contribution in [3.63, 3.8) is 0 Å². The summed E-state index contributed by atoms with van der Waals surface area (Å²) in [6.07, 6.45) is 59.5. The highest BCUT2D eigenvalue weighted by molar-refractivity contribution is 5.71. The van der Waals surface area contributed by atoms with Gasteiger partial charge in [0.15, 0.2) is 6.10 Å². The third kappa shape index (κ3) is 55.3. The molecule has 6 nitrogen and oxygen atoms in total. The molecule has 0 N–H and O–H groups in total. The van der Waals surface area contributed by atoms with Crippen molar-refractivity contribution in [2.24, 2.45) is 11.8 Å². The van der Waals surface area contributed by atoms with Crippen LogP contribution in [0, 0.1) is 11.8 Å². The minimum atomic E-state index is -0.763. The van der Waals surface area contributed by atoms with Crippen molar-refractivity contribution in [3.8, 4) is 0 Å². The van der Waals surface area contributed by atoms with E-state index in [1.165, 1.54) is 238 Å². The molecule has 0 aromatic heterocycles. The number of hydrogen-bond acceptors (Lipinski definition) is 6. The molecule has 0 aliphatic rings. The summed E-state index contributed by atoms with van der Waals surface area (Å²) in [6.45, 7) is 11.4. The van der Waals surface area contributed by atoms with Crippen molar-refractivity contribution in [2.45, 2.75) is 355 Å². The fourth-order valence-electron chi connectivity index (χ4n) is 9.58. The second-order valence-electron chi connectivity index (χ2n) is 22.3. The first-order valence-electron chi connectivity index (χ1n) is 30.7. The Morgan fingerprint density at radius 1 is 0.279 bits per heavy atom. The Kier molecular flexibility index (Phi) is 53.5. The van der Waals surface area contributed by atoms with Crippen LogP contribution < -0.4 is 0 Å². The van der Waals surface area contributed by atoms with Crippen molar-refractivity contribution in [3.05, 3.63) is 0 Å². The summed E-state index contributed by atoms with van der Waals surface area (Å²) in [4.78, 5) is 38.2. The molecule has 0 aromatic rings. The molecule has 0 unspecified atom stereocenters. The molecular formula is C62H120O6. The van der Waals surface area contributed by atoms with E-state index in [2.05, 4.69) is 34.6 Å². The van der Waals surface area contributed by atoms with Gasteiger partial charge >= 0.3 is 17.9 Å². The Bertz CT molecular complexity index is 1040. The van der Waals surface area contributed by atoms with Crippen LogP contribution in [-0.2, 0) is 28.6 Å². The molecule has 0 amide bonds. The minimum Gasteiger partial charge on any atom is -0.462 e. The fraction of sp³-hybridized carbons (Fsp3) is 0.952. The van der Waals surface area contributed by atoms with Crippen LogP contribution in [-0.4, -0.2) is 37.2 Å². The Hall–Kier alpha value is -1.59. The van der Waals surface area contributed by atoms with Crippen LogP contribution in [0.25, 0.3) is 0 Å². The third-order valence-electron chi connectivity index (χ3n) is 14.2. The smallest absolute Gasteiger partial charge is 0.306 e. The van der Waals surface area contributed by atoms with Gasteiger partial charge in [-0.05, 0) is 31.1 Å². The Morgan fingerprint density at radius 3 is 0.721 bits per heavy atom. The molecule has 0 saturated carbocycles. The normalized spacial score (nSPS) is 12.0. The molecule has 1 atom stereocenters. The molecule has 0 rings (SSSR count). The van der Waals surface area contributed by atoms with Gasteiger partial charge in [-0.1, -0.05) is 311 Å². The Morgan fingerprint density at radius 2 is 0.485 bits per heavy atom. The zero-order valence-corrected chi connectivity index (χ0v) is 46.7. The molecule has 404 valence electrons. The molecule has 0 heterocycles. The largest absolute Gasteiger partial charge is 0.462 e. The summed E-state index contributed by atoms with van der Waals surface area (Å²) >= 11 is 0. The number of rotatable bonds is 56. The number of ether oxygens (including phenoxy) is 3. The van der Waals surface area contributed by atoms with Crippen molar-refractivity contribution in [1.82, 2.24) is 0 Å². The van der Waals surface area contributed by atoms with Crippen LogP contribution in [0.5, 0.6) is 0 Å². The summed E-state index contributed by atoms with van der Waals surface area (Å²) < 4.78 is 16.9. The van der Waals surface area contributed by atoms with Gasteiger partial charge in [0.2, 0.25) is 0 Å². The fourth-order valence-corrected chi connectivity index (χ4v) is 9.58. The van der Waals surface area contributed by atoms with E-state index in [1.807, 2.05) is 0 Å². The highest BCUT2D eigenvalue weighted by Crippen LogP contribution is 2.19. The first-order chi connectivity index (χ1) is 33.2. The maximum atomic E-state index is 12.9. The summed E-state index contributed by atoms with van der Waals surface area (Å²) in [6, 6.07) is 0. The monoisotopic (exact) mass is 961 g/mol. The number of hydrogen-bond donors (Lipinski definition) is 0. The van der Waals surface area contributed by atoms with Gasteiger partial charge in [-0.2, -0.15) is 0 Å². The lowest BCUT2D eigenvalue weighted by Crippen LogP contribution is -2.30. The van der Waals surface area contributed by atoms with E-state index in [-0.39, 0.29) is 31.1 Å². The standard InChI is InChI=1S/C62H120O6/c1-6-7-8-9-10-11-12-13-14-15-22-27-32-37-42-47-52-60(63)66-55-59(68-62(65)54-49-44-39-34-29-24-19-17-21-26-31-36-41-46-51-58(4)5)56-67-61(64)53-48-43-38-33-28-23-18-16-20-25-30-35-40-45-50-57(2)3/h57-59H,6-56H2,1-5H3/t59-/m1/s1. The van der Waals surface area contributed by atoms with Crippen LogP contribution in [0.3, 0.4) is 0 Å². The van der Waals surface area contributed by atoms with E-state index in [9.17, 15) is 14.4 Å². The van der Waals surface area contributed by atoms with E-state index in [0.717, 1.165) is 69.6 Å². The molecule has 0 fully saturated rings. The molecule has 0 saturated heterocycles. The first-order valence-corrected chi connectivity index (χ1v) is 30.7. The van der Waals surface area contributed by atoms with Gasteiger partial charge in [0.25, 0.3) is 0 Å². The Balaban J connectivity index is 4.30. The van der Waals surface area contributed by atoms with E-state index >= 15 is 0 Å². The van der Waals surface area contributed by atoms with Crippen LogP contribution in [0.2, 0.25) is 0 Å². The van der Waals surface area contributed by atoms with Crippen molar-refractivity contribution < 1.29 is 28.6 Å². The van der Waals surface area contributed by atoms with Gasteiger partial charge in [0.05, 0.1) is 0 Å². The van der Waals surface area contributed by atoms with Gasteiger partial charge in [-0.15, -0.1) is 0 Å². The molecule has 0 bridgehead atoms. The van der Waals surface area contributed by atoms with Crippen LogP contribution >= 0.6 is 0 Å². The molecular weight excluding hydrogens is 841 g/mol. The van der Waals surface area contributed by atoms with Crippen molar-refractivity contribution >= 4 is 17.9 Å². The molecule has 0 aliphatic carbocycles. The van der Waals surface area contributed by atoms with E-state index in [4.69, 9.17) is 14.2 Å².